The van der Waals surface area contributed by atoms with Crippen LogP contribution in [0, 0.1) is 0 Å². The van der Waals surface area contributed by atoms with E-state index in [2.05, 4.69) is 10.6 Å². The van der Waals surface area contributed by atoms with Crippen molar-refractivity contribution in [3.63, 3.8) is 0 Å². The van der Waals surface area contributed by atoms with E-state index in [9.17, 15) is 40.5 Å². The summed E-state index contributed by atoms with van der Waals surface area (Å²) in [5.41, 5.74) is 15.9. The smallest absolute Gasteiger partial charge is 0.249 e. The lowest BCUT2D eigenvalue weighted by molar-refractivity contribution is -0.330. The fraction of sp³-hybridized carbons (Fsp3) is 0.957. The first kappa shape index (κ1) is 33.4. The number of ether oxygens (including phenoxy) is 4. The quantitative estimate of drug-likeness (QED) is 0.114. The molecule has 3 rings (SSSR count). The number of aliphatic hydroxyl groups is 7. The van der Waals surface area contributed by atoms with Crippen LogP contribution < -0.4 is 27.8 Å². The number of likely N-dealkylation sites (N-methyl/N-ethyl adjacent to an activating group) is 1. The molecule has 1 aliphatic carbocycles. The van der Waals surface area contributed by atoms with E-state index in [1.54, 1.807) is 0 Å². The van der Waals surface area contributed by atoms with Gasteiger partial charge in [0.15, 0.2) is 12.6 Å². The molecule has 2 aliphatic heterocycles. The van der Waals surface area contributed by atoms with Gasteiger partial charge in [-0.2, -0.15) is 0 Å². The number of amides is 1. The molecule has 15 atom stereocenters. The number of nitrogens with two attached hydrogens (primary N) is 3. The van der Waals surface area contributed by atoms with Crippen molar-refractivity contribution < 1.29 is 59.5 Å². The average Bonchev–Trinajstić information content (AvgIpc) is 2.89. The van der Waals surface area contributed by atoms with E-state index in [0.717, 1.165) is 0 Å². The van der Waals surface area contributed by atoms with Crippen LogP contribution in [-0.2, 0) is 23.7 Å². The highest BCUT2D eigenvalue weighted by molar-refractivity contribution is 5.80. The summed E-state index contributed by atoms with van der Waals surface area (Å²) in [7, 11) is 1.54. The van der Waals surface area contributed by atoms with Gasteiger partial charge in [0.1, 0.15) is 60.5 Å². The van der Waals surface area contributed by atoms with Gasteiger partial charge in [0, 0.05) is 12.6 Å². The molecule has 17 heteroatoms. The monoisotopic (exact) mass is 583 g/mol. The Labute approximate surface area is 231 Å². The van der Waals surface area contributed by atoms with Gasteiger partial charge < -0.3 is 82.5 Å². The van der Waals surface area contributed by atoms with Gasteiger partial charge in [-0.3, -0.25) is 4.79 Å². The molecule has 234 valence electrons. The van der Waals surface area contributed by atoms with Crippen LogP contribution in [0.2, 0.25) is 0 Å². The highest BCUT2D eigenvalue weighted by Gasteiger charge is 2.53. The predicted molar refractivity (Wildman–Crippen MR) is 135 cm³/mol. The molecule has 2 saturated heterocycles. The second-order valence-corrected chi connectivity index (χ2v) is 10.8. The second-order valence-electron chi connectivity index (χ2n) is 10.8. The molecular formula is C23H45N5O12. The number of carbonyl (C=O) groups is 1. The molecule has 3 fully saturated rings. The summed E-state index contributed by atoms with van der Waals surface area (Å²) >= 11 is 0. The lowest BCUT2D eigenvalue weighted by atomic mass is 9.83. The number of carbonyl (C=O) groups excluding carboxylic acids is 1. The maximum Gasteiger partial charge on any atom is 0.249 e. The lowest BCUT2D eigenvalue weighted by Crippen LogP contribution is -2.70. The SMILES string of the molecule is CN[C@@H]1[C@@H](O)[C@@H](O[C@@H]2[C@@H](O)[C@H](O[C@H]3O[C@H](CN)[C@@H](O)[C@H](O)[C@H]3O)[C@@H](NC(=O)[C@@H](O)CCN)C[C@H]2N)OC[C@]1(C)O. The van der Waals surface area contributed by atoms with Gasteiger partial charge in [0.05, 0.1) is 18.7 Å². The van der Waals surface area contributed by atoms with Crippen molar-refractivity contribution in [2.24, 2.45) is 17.2 Å². The molecule has 17 nitrogen and oxygen atoms in total. The number of nitrogens with one attached hydrogen (secondary N) is 2. The summed E-state index contributed by atoms with van der Waals surface area (Å²) < 4.78 is 22.8. The Bertz CT molecular complexity index is 827. The standard InChI is InChI=1S/C23H45N5O12/c1-23(36)7-37-21(16(34)19(23)27-2)39-17-8(26)5-9(28-20(35)10(29)3-4-24)18(15(17)33)40-22-14(32)13(31)12(30)11(6-25)38-22/h8-19,21-22,27,29-34,36H,3-7,24-26H2,1-2H3,(H,28,35)/t8-,9+,10+,11-,12-,13+,14-,15-,16-,17+,18-,19-,21-,22-,23+/m1/s1. The Morgan fingerprint density at radius 2 is 1.68 bits per heavy atom. The van der Waals surface area contributed by atoms with Gasteiger partial charge in [-0.25, -0.2) is 0 Å². The molecule has 0 bridgehead atoms. The third-order valence-electron chi connectivity index (χ3n) is 7.71. The Kier molecular flexibility index (Phi) is 11.6. The molecule has 15 N–H and O–H groups in total. The summed E-state index contributed by atoms with van der Waals surface area (Å²) in [6.07, 6.45) is -16.2. The second kappa shape index (κ2) is 13.9. The van der Waals surface area contributed by atoms with Crippen LogP contribution in [0.15, 0.2) is 0 Å². The molecule has 40 heavy (non-hydrogen) atoms. The van der Waals surface area contributed by atoms with Crippen molar-refractivity contribution in [2.75, 3.05) is 26.7 Å². The van der Waals surface area contributed by atoms with Crippen molar-refractivity contribution in [2.45, 2.75) is 111 Å². The first-order valence-corrected chi connectivity index (χ1v) is 13.3. The van der Waals surface area contributed by atoms with E-state index in [-0.39, 0.29) is 32.5 Å². The zero-order chi connectivity index (χ0) is 29.9. The first-order chi connectivity index (χ1) is 18.8. The van der Waals surface area contributed by atoms with Crippen molar-refractivity contribution >= 4 is 5.91 Å². The van der Waals surface area contributed by atoms with Crippen molar-refractivity contribution in [1.29, 1.82) is 0 Å². The summed E-state index contributed by atoms with van der Waals surface area (Å²) in [6.45, 7) is 1.07. The van der Waals surface area contributed by atoms with E-state index >= 15 is 0 Å². The normalized spacial score (nSPS) is 47.0. The third kappa shape index (κ3) is 7.08. The highest BCUT2D eigenvalue weighted by atomic mass is 16.7. The van der Waals surface area contributed by atoms with E-state index in [1.165, 1.54) is 14.0 Å². The van der Waals surface area contributed by atoms with Crippen LogP contribution in [-0.4, -0.2) is 160 Å². The molecular weight excluding hydrogens is 538 g/mol. The van der Waals surface area contributed by atoms with Crippen LogP contribution >= 0.6 is 0 Å². The highest BCUT2D eigenvalue weighted by Crippen LogP contribution is 2.32. The molecule has 2 heterocycles. The Hall–Kier alpha value is -1.13. The summed E-state index contributed by atoms with van der Waals surface area (Å²) in [5.74, 6) is -0.812. The van der Waals surface area contributed by atoms with Gasteiger partial charge in [0.25, 0.3) is 0 Å². The van der Waals surface area contributed by atoms with Gasteiger partial charge in [-0.1, -0.05) is 0 Å². The first-order valence-electron chi connectivity index (χ1n) is 13.3. The van der Waals surface area contributed by atoms with Crippen molar-refractivity contribution in [3.8, 4) is 0 Å². The van der Waals surface area contributed by atoms with E-state index in [4.69, 9.17) is 36.1 Å². The van der Waals surface area contributed by atoms with Gasteiger partial charge in [0.2, 0.25) is 5.91 Å². The maximum atomic E-state index is 12.6. The fourth-order valence-corrected chi connectivity index (χ4v) is 5.40. The molecule has 0 unspecified atom stereocenters. The van der Waals surface area contributed by atoms with Gasteiger partial charge >= 0.3 is 0 Å². The molecule has 1 amide bonds. The molecule has 0 aromatic rings. The van der Waals surface area contributed by atoms with E-state index < -0.39 is 97.1 Å². The number of hydrogen-bond acceptors (Lipinski definition) is 16. The van der Waals surface area contributed by atoms with E-state index in [0.29, 0.717) is 0 Å². The molecule has 3 aliphatic rings. The van der Waals surface area contributed by atoms with Crippen LogP contribution in [0.3, 0.4) is 0 Å². The minimum Gasteiger partial charge on any atom is -0.388 e. The zero-order valence-electron chi connectivity index (χ0n) is 22.5. The Morgan fingerprint density at radius 3 is 2.27 bits per heavy atom. The number of aliphatic hydroxyl groups excluding tert-OH is 6. The van der Waals surface area contributed by atoms with Gasteiger partial charge in [-0.15, -0.1) is 0 Å². The fourth-order valence-electron chi connectivity index (χ4n) is 5.40. The maximum absolute atomic E-state index is 12.6. The Balaban J connectivity index is 1.84. The van der Waals surface area contributed by atoms with E-state index in [1.807, 2.05) is 0 Å². The third-order valence-corrected chi connectivity index (χ3v) is 7.71. The molecule has 1 saturated carbocycles. The summed E-state index contributed by atoms with van der Waals surface area (Å²) in [4.78, 5) is 12.6. The lowest BCUT2D eigenvalue weighted by Gasteiger charge is -2.49. The minimum absolute atomic E-state index is 0.0320. The topological polar surface area (TPSA) is 298 Å². The minimum atomic E-state index is -1.76. The van der Waals surface area contributed by atoms with Gasteiger partial charge in [-0.05, 0) is 33.4 Å². The van der Waals surface area contributed by atoms with Crippen molar-refractivity contribution in [3.05, 3.63) is 0 Å². The van der Waals surface area contributed by atoms with Crippen LogP contribution in [0.1, 0.15) is 19.8 Å². The molecule has 0 aromatic carbocycles. The average molecular weight is 584 g/mol. The Morgan fingerprint density at radius 1 is 1.02 bits per heavy atom. The van der Waals surface area contributed by atoms with Crippen molar-refractivity contribution in [1.82, 2.24) is 10.6 Å². The summed E-state index contributed by atoms with van der Waals surface area (Å²) in [5, 5.41) is 79.1. The predicted octanol–water partition coefficient (Wildman–Crippen LogP) is -7.13. The molecule has 0 aromatic heterocycles. The molecule has 0 radical (unpaired) electrons. The largest absolute Gasteiger partial charge is 0.388 e. The molecule has 0 spiro atoms. The summed E-state index contributed by atoms with van der Waals surface area (Å²) in [6, 6.07) is -2.86. The van der Waals surface area contributed by atoms with Crippen LogP contribution in [0.4, 0.5) is 0 Å². The number of hydrogen-bond donors (Lipinski definition) is 12. The van der Waals surface area contributed by atoms with Crippen LogP contribution in [0.25, 0.3) is 0 Å². The number of rotatable bonds is 10. The zero-order valence-corrected chi connectivity index (χ0v) is 22.5. The van der Waals surface area contributed by atoms with Crippen LogP contribution in [0.5, 0.6) is 0 Å².